The highest BCUT2D eigenvalue weighted by Crippen LogP contribution is 2.29. The number of rotatable bonds is 4. The maximum absolute atomic E-state index is 12.5. The summed E-state index contributed by atoms with van der Waals surface area (Å²) in [5, 5.41) is 2.52. The molecule has 0 aliphatic rings. The van der Waals surface area contributed by atoms with Crippen LogP contribution in [-0.2, 0) is 6.18 Å². The third-order valence-corrected chi connectivity index (χ3v) is 3.33. The largest absolute Gasteiger partial charge is 0.481 e. The lowest BCUT2D eigenvalue weighted by Crippen LogP contribution is -2.23. The van der Waals surface area contributed by atoms with Crippen LogP contribution >= 0.6 is 0 Å². The number of alkyl halides is 3. The first kappa shape index (κ1) is 18.4. The SMILES string of the molecule is Cc1ccccc1OCC#CCNC(=O)c1ccc(C(F)(F)F)cc1. The molecule has 25 heavy (non-hydrogen) atoms. The molecule has 0 fully saturated rings. The molecule has 0 bridgehead atoms. The highest BCUT2D eigenvalue weighted by Gasteiger charge is 2.30. The summed E-state index contributed by atoms with van der Waals surface area (Å²) >= 11 is 0. The molecule has 2 aromatic carbocycles. The Morgan fingerprint density at radius 2 is 1.76 bits per heavy atom. The summed E-state index contributed by atoms with van der Waals surface area (Å²) in [6.07, 6.45) is -4.42. The number of aryl methyl sites for hydroxylation is 1. The van der Waals surface area contributed by atoms with E-state index in [4.69, 9.17) is 4.74 Å². The maximum Gasteiger partial charge on any atom is 0.416 e. The second-order valence-electron chi connectivity index (χ2n) is 5.17. The van der Waals surface area contributed by atoms with Crippen molar-refractivity contribution in [2.75, 3.05) is 13.2 Å². The minimum absolute atomic E-state index is 0.0803. The van der Waals surface area contributed by atoms with Gasteiger partial charge in [0.25, 0.3) is 5.91 Å². The van der Waals surface area contributed by atoms with E-state index in [9.17, 15) is 18.0 Å². The Balaban J connectivity index is 1.78. The molecule has 1 amide bonds. The lowest BCUT2D eigenvalue weighted by molar-refractivity contribution is -0.137. The minimum Gasteiger partial charge on any atom is -0.481 e. The fourth-order valence-electron chi connectivity index (χ4n) is 1.98. The number of hydrogen-bond acceptors (Lipinski definition) is 2. The zero-order valence-electron chi connectivity index (χ0n) is 13.5. The van der Waals surface area contributed by atoms with Crippen LogP contribution in [0.3, 0.4) is 0 Å². The molecule has 0 spiro atoms. The van der Waals surface area contributed by atoms with Crippen LogP contribution in [0.2, 0.25) is 0 Å². The summed E-state index contributed by atoms with van der Waals surface area (Å²) < 4.78 is 42.9. The lowest BCUT2D eigenvalue weighted by atomic mass is 10.1. The molecule has 0 atom stereocenters. The first-order chi connectivity index (χ1) is 11.9. The molecular weight excluding hydrogens is 331 g/mol. The van der Waals surface area contributed by atoms with Gasteiger partial charge in [-0.2, -0.15) is 13.2 Å². The lowest BCUT2D eigenvalue weighted by Gasteiger charge is -2.07. The monoisotopic (exact) mass is 347 g/mol. The average molecular weight is 347 g/mol. The van der Waals surface area contributed by atoms with E-state index in [2.05, 4.69) is 17.2 Å². The molecule has 0 radical (unpaired) electrons. The number of halogens is 3. The van der Waals surface area contributed by atoms with E-state index in [0.717, 1.165) is 35.6 Å². The summed E-state index contributed by atoms with van der Waals surface area (Å²) in [5.41, 5.74) is 0.350. The Morgan fingerprint density at radius 3 is 2.40 bits per heavy atom. The van der Waals surface area contributed by atoms with Gasteiger partial charge in [-0.3, -0.25) is 4.79 Å². The van der Waals surface area contributed by atoms with Gasteiger partial charge in [0.1, 0.15) is 12.4 Å². The predicted octanol–water partition coefficient (Wildman–Crippen LogP) is 3.83. The van der Waals surface area contributed by atoms with Crippen LogP contribution in [0.15, 0.2) is 48.5 Å². The Bertz CT molecular complexity index is 787. The highest BCUT2D eigenvalue weighted by atomic mass is 19.4. The zero-order valence-corrected chi connectivity index (χ0v) is 13.5. The Labute approximate surface area is 143 Å². The van der Waals surface area contributed by atoms with Gasteiger partial charge < -0.3 is 10.1 Å². The van der Waals surface area contributed by atoms with Crippen molar-refractivity contribution in [3.63, 3.8) is 0 Å². The number of carbonyl (C=O) groups excluding carboxylic acids is 1. The normalized spacial score (nSPS) is 10.6. The molecule has 130 valence electrons. The van der Waals surface area contributed by atoms with Crippen LogP contribution in [0.25, 0.3) is 0 Å². The van der Waals surface area contributed by atoms with Gasteiger partial charge in [-0.05, 0) is 42.8 Å². The van der Waals surface area contributed by atoms with E-state index in [-0.39, 0.29) is 18.7 Å². The van der Waals surface area contributed by atoms with Gasteiger partial charge in [0.15, 0.2) is 0 Å². The van der Waals surface area contributed by atoms with Gasteiger partial charge in [0, 0.05) is 5.56 Å². The van der Waals surface area contributed by atoms with Crippen LogP contribution in [0.5, 0.6) is 5.75 Å². The predicted molar refractivity (Wildman–Crippen MR) is 88.2 cm³/mol. The van der Waals surface area contributed by atoms with Gasteiger partial charge in [0.05, 0.1) is 12.1 Å². The molecule has 0 aromatic heterocycles. The first-order valence-corrected chi connectivity index (χ1v) is 7.47. The topological polar surface area (TPSA) is 38.3 Å². The molecule has 6 heteroatoms. The summed E-state index contributed by atoms with van der Waals surface area (Å²) in [6.45, 7) is 2.19. The van der Waals surface area contributed by atoms with Crippen molar-refractivity contribution in [3.05, 3.63) is 65.2 Å². The fraction of sp³-hybridized carbons (Fsp3) is 0.211. The number of amides is 1. The number of hydrogen-bond donors (Lipinski definition) is 1. The Morgan fingerprint density at radius 1 is 1.08 bits per heavy atom. The fourth-order valence-corrected chi connectivity index (χ4v) is 1.98. The molecule has 2 rings (SSSR count). The average Bonchev–Trinajstić information content (AvgIpc) is 2.58. The number of carbonyl (C=O) groups is 1. The zero-order chi connectivity index (χ0) is 18.3. The molecule has 2 aromatic rings. The summed E-state index contributed by atoms with van der Waals surface area (Å²) in [4.78, 5) is 11.8. The number of benzene rings is 2. The smallest absolute Gasteiger partial charge is 0.416 e. The number of para-hydroxylation sites is 1. The molecular formula is C19H16F3NO2. The molecule has 0 saturated carbocycles. The van der Waals surface area contributed by atoms with E-state index in [1.54, 1.807) is 0 Å². The number of ether oxygens (including phenoxy) is 1. The summed E-state index contributed by atoms with van der Waals surface area (Å²) in [5.74, 6) is 5.74. The van der Waals surface area contributed by atoms with Gasteiger partial charge in [-0.25, -0.2) is 0 Å². The van der Waals surface area contributed by atoms with Crippen molar-refractivity contribution < 1.29 is 22.7 Å². The van der Waals surface area contributed by atoms with E-state index >= 15 is 0 Å². The van der Waals surface area contributed by atoms with Crippen LogP contribution in [-0.4, -0.2) is 19.1 Å². The third kappa shape index (κ3) is 5.57. The van der Waals surface area contributed by atoms with Crippen LogP contribution in [0.1, 0.15) is 21.5 Å². The molecule has 0 unspecified atom stereocenters. The first-order valence-electron chi connectivity index (χ1n) is 7.47. The van der Waals surface area contributed by atoms with Crippen LogP contribution in [0.4, 0.5) is 13.2 Å². The van der Waals surface area contributed by atoms with Gasteiger partial charge in [-0.1, -0.05) is 30.0 Å². The maximum atomic E-state index is 12.5. The molecule has 1 N–H and O–H groups in total. The highest BCUT2D eigenvalue weighted by molar-refractivity contribution is 5.94. The van der Waals surface area contributed by atoms with Crippen molar-refractivity contribution in [1.82, 2.24) is 5.32 Å². The van der Waals surface area contributed by atoms with E-state index < -0.39 is 17.6 Å². The van der Waals surface area contributed by atoms with Crippen LogP contribution < -0.4 is 10.1 Å². The molecule has 0 heterocycles. The molecule has 0 aliphatic carbocycles. The van der Waals surface area contributed by atoms with Crippen molar-refractivity contribution in [2.45, 2.75) is 13.1 Å². The second-order valence-corrected chi connectivity index (χ2v) is 5.17. The molecule has 0 aliphatic heterocycles. The van der Waals surface area contributed by atoms with Crippen molar-refractivity contribution in [2.24, 2.45) is 0 Å². The van der Waals surface area contributed by atoms with Crippen molar-refractivity contribution >= 4 is 5.91 Å². The van der Waals surface area contributed by atoms with E-state index in [1.807, 2.05) is 31.2 Å². The molecule has 0 saturated heterocycles. The van der Waals surface area contributed by atoms with Crippen molar-refractivity contribution in [3.8, 4) is 17.6 Å². The van der Waals surface area contributed by atoms with Gasteiger partial charge >= 0.3 is 6.18 Å². The number of nitrogens with one attached hydrogen (secondary N) is 1. The third-order valence-electron chi connectivity index (χ3n) is 3.33. The van der Waals surface area contributed by atoms with Crippen LogP contribution in [0, 0.1) is 18.8 Å². The summed E-state index contributed by atoms with van der Waals surface area (Å²) in [7, 11) is 0. The van der Waals surface area contributed by atoms with E-state index in [0.29, 0.717) is 0 Å². The van der Waals surface area contributed by atoms with Gasteiger partial charge in [-0.15, -0.1) is 0 Å². The minimum atomic E-state index is -4.42. The summed E-state index contributed by atoms with van der Waals surface area (Å²) in [6, 6.07) is 11.5. The second kappa shape index (κ2) is 8.25. The molecule has 3 nitrogen and oxygen atoms in total. The quantitative estimate of drug-likeness (QED) is 0.854. The van der Waals surface area contributed by atoms with Crippen molar-refractivity contribution in [1.29, 1.82) is 0 Å². The standard InChI is InChI=1S/C19H16F3NO2/c1-14-6-2-3-7-17(14)25-13-5-4-12-23-18(24)15-8-10-16(11-9-15)19(20,21)22/h2-3,6-11H,12-13H2,1H3,(H,23,24). The Hall–Kier alpha value is -2.94. The Kier molecular flexibility index (Phi) is 6.07. The van der Waals surface area contributed by atoms with Gasteiger partial charge in [0.2, 0.25) is 0 Å². The van der Waals surface area contributed by atoms with E-state index in [1.165, 1.54) is 0 Å².